The Hall–Kier alpha value is -1.42. The Labute approximate surface area is 108 Å². The van der Waals surface area contributed by atoms with E-state index in [4.69, 9.17) is 5.73 Å². The van der Waals surface area contributed by atoms with E-state index >= 15 is 0 Å². The number of carbonyl (C=O) groups is 1. The number of halogens is 1. The van der Waals surface area contributed by atoms with E-state index in [-0.39, 0.29) is 17.8 Å². The summed E-state index contributed by atoms with van der Waals surface area (Å²) in [5, 5.41) is 3.19. The van der Waals surface area contributed by atoms with Gasteiger partial charge in [-0.3, -0.25) is 10.1 Å². The standard InChI is InChI=1S/C14H21FN2O/c1-3-4-5-13(17-10(2)14(16)18)11-6-8-12(15)9-7-11/h6-10,13,17H,3-5H2,1-2H3,(H2,16,18). The number of nitrogens with two attached hydrogens (primary N) is 1. The lowest BCUT2D eigenvalue weighted by Gasteiger charge is -2.22. The van der Waals surface area contributed by atoms with Crippen LogP contribution < -0.4 is 11.1 Å². The van der Waals surface area contributed by atoms with Crippen LogP contribution in [0.5, 0.6) is 0 Å². The van der Waals surface area contributed by atoms with Crippen LogP contribution in [0.3, 0.4) is 0 Å². The summed E-state index contributed by atoms with van der Waals surface area (Å²) in [4.78, 5) is 11.1. The van der Waals surface area contributed by atoms with Gasteiger partial charge in [-0.05, 0) is 31.0 Å². The molecule has 0 bridgehead atoms. The van der Waals surface area contributed by atoms with Crippen molar-refractivity contribution in [1.29, 1.82) is 0 Å². The number of hydrogen-bond donors (Lipinski definition) is 2. The van der Waals surface area contributed by atoms with E-state index in [0.29, 0.717) is 0 Å². The highest BCUT2D eigenvalue weighted by atomic mass is 19.1. The van der Waals surface area contributed by atoms with Gasteiger partial charge in [0.1, 0.15) is 5.82 Å². The van der Waals surface area contributed by atoms with Gasteiger partial charge in [-0.2, -0.15) is 0 Å². The zero-order valence-corrected chi connectivity index (χ0v) is 10.9. The minimum atomic E-state index is -0.392. The molecule has 0 aliphatic rings. The first-order valence-electron chi connectivity index (χ1n) is 6.35. The van der Waals surface area contributed by atoms with Crippen LogP contribution in [-0.4, -0.2) is 11.9 Å². The molecule has 2 atom stereocenters. The second kappa shape index (κ2) is 7.11. The second-order valence-electron chi connectivity index (χ2n) is 4.54. The van der Waals surface area contributed by atoms with Crippen molar-refractivity contribution >= 4 is 5.91 Å². The normalized spacial score (nSPS) is 14.2. The summed E-state index contributed by atoms with van der Waals surface area (Å²) in [5.74, 6) is -0.630. The van der Waals surface area contributed by atoms with Crippen LogP contribution in [0.2, 0.25) is 0 Å². The van der Waals surface area contributed by atoms with Crippen molar-refractivity contribution in [2.45, 2.75) is 45.2 Å². The summed E-state index contributed by atoms with van der Waals surface area (Å²) in [7, 11) is 0. The summed E-state index contributed by atoms with van der Waals surface area (Å²) < 4.78 is 12.9. The van der Waals surface area contributed by atoms with Crippen molar-refractivity contribution in [3.8, 4) is 0 Å². The van der Waals surface area contributed by atoms with E-state index in [1.165, 1.54) is 12.1 Å². The second-order valence-corrected chi connectivity index (χ2v) is 4.54. The number of carbonyl (C=O) groups excluding carboxylic acids is 1. The number of rotatable bonds is 7. The molecule has 18 heavy (non-hydrogen) atoms. The third kappa shape index (κ3) is 4.45. The molecule has 1 rings (SSSR count). The fourth-order valence-corrected chi connectivity index (χ4v) is 1.83. The zero-order valence-electron chi connectivity index (χ0n) is 10.9. The van der Waals surface area contributed by atoms with E-state index in [0.717, 1.165) is 24.8 Å². The van der Waals surface area contributed by atoms with Gasteiger partial charge in [0.05, 0.1) is 6.04 Å². The Balaban J connectivity index is 2.76. The predicted molar refractivity (Wildman–Crippen MR) is 70.5 cm³/mol. The first kappa shape index (κ1) is 14.6. The Morgan fingerprint density at radius 2 is 2.00 bits per heavy atom. The van der Waals surface area contributed by atoms with Crippen LogP contribution in [0.1, 0.15) is 44.7 Å². The minimum absolute atomic E-state index is 0.0352. The lowest BCUT2D eigenvalue weighted by atomic mass is 10.00. The van der Waals surface area contributed by atoms with Crippen LogP contribution in [0.4, 0.5) is 4.39 Å². The van der Waals surface area contributed by atoms with Gasteiger partial charge in [0, 0.05) is 6.04 Å². The molecule has 0 aliphatic heterocycles. The maximum atomic E-state index is 12.9. The smallest absolute Gasteiger partial charge is 0.234 e. The molecular formula is C14H21FN2O. The van der Waals surface area contributed by atoms with Gasteiger partial charge in [0.15, 0.2) is 0 Å². The molecule has 0 aliphatic carbocycles. The molecule has 0 fully saturated rings. The Bertz CT molecular complexity index is 378. The third-order valence-electron chi connectivity index (χ3n) is 3.00. The molecule has 0 heterocycles. The molecular weight excluding hydrogens is 231 g/mol. The molecule has 4 heteroatoms. The van der Waals surface area contributed by atoms with Crippen LogP contribution in [-0.2, 0) is 4.79 Å². The Morgan fingerprint density at radius 3 is 2.50 bits per heavy atom. The minimum Gasteiger partial charge on any atom is -0.368 e. The van der Waals surface area contributed by atoms with Crippen LogP contribution >= 0.6 is 0 Å². The first-order valence-corrected chi connectivity index (χ1v) is 6.35. The van der Waals surface area contributed by atoms with Gasteiger partial charge in [-0.15, -0.1) is 0 Å². The predicted octanol–water partition coefficient (Wildman–Crippen LogP) is 2.52. The van der Waals surface area contributed by atoms with Crippen molar-refractivity contribution < 1.29 is 9.18 Å². The van der Waals surface area contributed by atoms with E-state index in [2.05, 4.69) is 12.2 Å². The molecule has 1 aromatic carbocycles. The molecule has 0 saturated carbocycles. The van der Waals surface area contributed by atoms with E-state index in [1.54, 1.807) is 19.1 Å². The van der Waals surface area contributed by atoms with Crippen LogP contribution in [0.25, 0.3) is 0 Å². The van der Waals surface area contributed by atoms with Crippen molar-refractivity contribution in [2.24, 2.45) is 5.73 Å². The third-order valence-corrected chi connectivity index (χ3v) is 3.00. The van der Waals surface area contributed by atoms with E-state index < -0.39 is 6.04 Å². The molecule has 3 nitrogen and oxygen atoms in total. The van der Waals surface area contributed by atoms with Gasteiger partial charge in [-0.25, -0.2) is 4.39 Å². The number of amides is 1. The Morgan fingerprint density at radius 1 is 1.39 bits per heavy atom. The zero-order chi connectivity index (χ0) is 13.5. The average molecular weight is 252 g/mol. The highest BCUT2D eigenvalue weighted by Gasteiger charge is 2.16. The largest absolute Gasteiger partial charge is 0.368 e. The van der Waals surface area contributed by atoms with Gasteiger partial charge in [-0.1, -0.05) is 31.9 Å². The van der Waals surface area contributed by atoms with Crippen LogP contribution in [0.15, 0.2) is 24.3 Å². The fraction of sp³-hybridized carbons (Fsp3) is 0.500. The molecule has 2 unspecified atom stereocenters. The lowest BCUT2D eigenvalue weighted by Crippen LogP contribution is -2.40. The van der Waals surface area contributed by atoms with Crippen molar-refractivity contribution in [3.05, 3.63) is 35.6 Å². The maximum absolute atomic E-state index is 12.9. The summed E-state index contributed by atoms with van der Waals surface area (Å²) in [6, 6.07) is 6.01. The van der Waals surface area contributed by atoms with Crippen molar-refractivity contribution in [1.82, 2.24) is 5.32 Å². The van der Waals surface area contributed by atoms with E-state index in [1.807, 2.05) is 0 Å². The number of benzene rings is 1. The Kier molecular flexibility index (Phi) is 5.78. The van der Waals surface area contributed by atoms with E-state index in [9.17, 15) is 9.18 Å². The molecule has 0 aromatic heterocycles. The monoisotopic (exact) mass is 252 g/mol. The molecule has 0 spiro atoms. The maximum Gasteiger partial charge on any atom is 0.234 e. The van der Waals surface area contributed by atoms with Gasteiger partial charge >= 0.3 is 0 Å². The SMILES string of the molecule is CCCCC(NC(C)C(N)=O)c1ccc(F)cc1. The highest BCUT2D eigenvalue weighted by Crippen LogP contribution is 2.20. The summed E-state index contributed by atoms with van der Waals surface area (Å²) >= 11 is 0. The number of hydrogen-bond acceptors (Lipinski definition) is 2. The van der Waals surface area contributed by atoms with Gasteiger partial charge in [0.2, 0.25) is 5.91 Å². The lowest BCUT2D eigenvalue weighted by molar-refractivity contribution is -0.119. The van der Waals surface area contributed by atoms with Crippen LogP contribution in [0, 0.1) is 5.82 Å². The average Bonchev–Trinajstić information content (AvgIpc) is 2.35. The molecule has 1 aromatic rings. The van der Waals surface area contributed by atoms with Crippen molar-refractivity contribution in [2.75, 3.05) is 0 Å². The molecule has 0 radical (unpaired) electrons. The number of primary amides is 1. The summed E-state index contributed by atoms with van der Waals surface area (Å²) in [6.45, 7) is 3.85. The van der Waals surface area contributed by atoms with Crippen molar-refractivity contribution in [3.63, 3.8) is 0 Å². The molecule has 1 amide bonds. The summed E-state index contributed by atoms with van der Waals surface area (Å²) in [5.41, 5.74) is 6.24. The number of nitrogens with one attached hydrogen (secondary N) is 1. The number of unbranched alkanes of at least 4 members (excludes halogenated alkanes) is 1. The molecule has 0 saturated heterocycles. The molecule has 100 valence electrons. The fourth-order valence-electron chi connectivity index (χ4n) is 1.83. The van der Waals surface area contributed by atoms with Gasteiger partial charge in [0.25, 0.3) is 0 Å². The molecule has 3 N–H and O–H groups in total. The van der Waals surface area contributed by atoms with Gasteiger partial charge < -0.3 is 5.73 Å². The summed E-state index contributed by atoms with van der Waals surface area (Å²) in [6.07, 6.45) is 3.02. The topological polar surface area (TPSA) is 55.1 Å². The quantitative estimate of drug-likeness (QED) is 0.783. The first-order chi connectivity index (χ1) is 8.54. The highest BCUT2D eigenvalue weighted by molar-refractivity contribution is 5.79.